The van der Waals surface area contributed by atoms with E-state index in [0.29, 0.717) is 11.3 Å². The molecule has 1 N–H and O–H groups in total. The lowest BCUT2D eigenvalue weighted by Crippen LogP contribution is -2.15. The molecule has 0 atom stereocenters. The zero-order chi connectivity index (χ0) is 10.9. The predicted octanol–water partition coefficient (Wildman–Crippen LogP) is 0.233. The molecule has 0 saturated carbocycles. The first-order chi connectivity index (χ1) is 6.43. The van der Waals surface area contributed by atoms with E-state index in [4.69, 9.17) is 5.11 Å². The summed E-state index contributed by atoms with van der Waals surface area (Å²) >= 11 is 0. The number of nitrogens with zero attached hydrogens (tertiary/aromatic N) is 2. The Kier molecular flexibility index (Phi) is 2.69. The number of carbonyl (C=O) groups is 2. The van der Waals surface area contributed by atoms with Crippen molar-refractivity contribution in [1.82, 2.24) is 9.78 Å². The van der Waals surface area contributed by atoms with Crippen molar-refractivity contribution >= 4 is 11.8 Å². The minimum absolute atomic E-state index is 0.0825. The summed E-state index contributed by atoms with van der Waals surface area (Å²) in [6.07, 6.45) is -0.0825. The van der Waals surface area contributed by atoms with Crippen LogP contribution in [0.2, 0.25) is 0 Å². The smallest absolute Gasteiger partial charge is 0.372 e. The molecule has 0 radical (unpaired) electrons. The standard InChI is InChI=1S/C9H12N2O3/c1-5-7(4-8(12)9(13)14)6(2)11(3)10-5/h4H2,1-3H3,(H,13,14). The Balaban J connectivity index is 2.97. The number of rotatable bonds is 3. The van der Waals surface area contributed by atoms with Gasteiger partial charge < -0.3 is 5.11 Å². The van der Waals surface area contributed by atoms with E-state index in [2.05, 4.69) is 5.10 Å². The van der Waals surface area contributed by atoms with Crippen molar-refractivity contribution < 1.29 is 14.7 Å². The van der Waals surface area contributed by atoms with E-state index in [9.17, 15) is 9.59 Å². The first-order valence-corrected chi connectivity index (χ1v) is 4.18. The molecule has 14 heavy (non-hydrogen) atoms. The van der Waals surface area contributed by atoms with Gasteiger partial charge >= 0.3 is 5.97 Å². The van der Waals surface area contributed by atoms with Crippen LogP contribution in [0.15, 0.2) is 0 Å². The normalized spacial score (nSPS) is 10.2. The molecule has 0 aliphatic rings. The summed E-state index contributed by atoms with van der Waals surface area (Å²) in [4.78, 5) is 21.3. The van der Waals surface area contributed by atoms with E-state index in [0.717, 1.165) is 5.69 Å². The van der Waals surface area contributed by atoms with Gasteiger partial charge in [0.15, 0.2) is 0 Å². The molecule has 1 aromatic rings. The number of aromatic nitrogens is 2. The zero-order valence-corrected chi connectivity index (χ0v) is 8.37. The average molecular weight is 196 g/mol. The van der Waals surface area contributed by atoms with E-state index in [1.54, 1.807) is 18.7 Å². The molecule has 0 unspecified atom stereocenters. The Hall–Kier alpha value is -1.65. The van der Waals surface area contributed by atoms with Crippen LogP contribution in [0.5, 0.6) is 0 Å². The van der Waals surface area contributed by atoms with Crippen LogP contribution in [0.1, 0.15) is 17.0 Å². The first-order valence-electron chi connectivity index (χ1n) is 4.18. The molecule has 0 fully saturated rings. The molecule has 0 saturated heterocycles. The molecule has 0 spiro atoms. The summed E-state index contributed by atoms with van der Waals surface area (Å²) in [6.45, 7) is 3.57. The van der Waals surface area contributed by atoms with Gasteiger partial charge in [0, 0.05) is 24.7 Å². The molecule has 0 aliphatic carbocycles. The topological polar surface area (TPSA) is 72.2 Å². The molecule has 0 amide bonds. The summed E-state index contributed by atoms with van der Waals surface area (Å²) in [6, 6.07) is 0. The lowest BCUT2D eigenvalue weighted by molar-refractivity contribution is -0.148. The van der Waals surface area contributed by atoms with Crippen molar-refractivity contribution in [2.24, 2.45) is 7.05 Å². The summed E-state index contributed by atoms with van der Waals surface area (Å²) in [5, 5.41) is 12.5. The Morgan fingerprint density at radius 3 is 2.36 bits per heavy atom. The summed E-state index contributed by atoms with van der Waals surface area (Å²) in [5.74, 6) is -2.20. The third-order valence-electron chi connectivity index (χ3n) is 2.23. The number of hydrogen-bond acceptors (Lipinski definition) is 3. The maximum absolute atomic E-state index is 11.0. The predicted molar refractivity (Wildman–Crippen MR) is 49.0 cm³/mol. The summed E-state index contributed by atoms with van der Waals surface area (Å²) in [7, 11) is 1.76. The van der Waals surface area contributed by atoms with Gasteiger partial charge in [-0.15, -0.1) is 0 Å². The quantitative estimate of drug-likeness (QED) is 0.702. The lowest BCUT2D eigenvalue weighted by atomic mass is 10.1. The number of aliphatic carboxylic acids is 1. The van der Waals surface area contributed by atoms with E-state index in [1.165, 1.54) is 0 Å². The minimum Gasteiger partial charge on any atom is -0.475 e. The van der Waals surface area contributed by atoms with Gasteiger partial charge in [-0.3, -0.25) is 9.48 Å². The van der Waals surface area contributed by atoms with E-state index in [1.807, 2.05) is 6.92 Å². The highest BCUT2D eigenvalue weighted by molar-refractivity contribution is 6.33. The second-order valence-corrected chi connectivity index (χ2v) is 3.18. The summed E-state index contributed by atoms with van der Waals surface area (Å²) < 4.78 is 1.64. The number of carboxylic acids is 1. The fourth-order valence-electron chi connectivity index (χ4n) is 1.31. The van der Waals surface area contributed by atoms with Gasteiger partial charge in [0.2, 0.25) is 5.78 Å². The molecule has 0 bridgehead atoms. The number of hydrogen-bond donors (Lipinski definition) is 1. The van der Waals surface area contributed by atoms with Crippen molar-refractivity contribution in [2.45, 2.75) is 20.3 Å². The average Bonchev–Trinajstić information content (AvgIpc) is 2.32. The van der Waals surface area contributed by atoms with Gasteiger partial charge in [-0.05, 0) is 13.8 Å². The second kappa shape index (κ2) is 3.61. The van der Waals surface area contributed by atoms with Crippen molar-refractivity contribution in [3.8, 4) is 0 Å². The molecule has 0 aromatic carbocycles. The highest BCUT2D eigenvalue weighted by atomic mass is 16.4. The second-order valence-electron chi connectivity index (χ2n) is 3.18. The molecular formula is C9H12N2O3. The molecule has 1 heterocycles. The van der Waals surface area contributed by atoms with Gasteiger partial charge in [-0.2, -0.15) is 5.10 Å². The Morgan fingerprint density at radius 2 is 2.00 bits per heavy atom. The molecule has 1 aromatic heterocycles. The van der Waals surface area contributed by atoms with E-state index < -0.39 is 11.8 Å². The van der Waals surface area contributed by atoms with Crippen LogP contribution in [0.3, 0.4) is 0 Å². The van der Waals surface area contributed by atoms with E-state index in [-0.39, 0.29) is 6.42 Å². The molecule has 76 valence electrons. The molecule has 5 nitrogen and oxygen atoms in total. The fourth-order valence-corrected chi connectivity index (χ4v) is 1.31. The number of carbonyl (C=O) groups excluding carboxylic acids is 1. The van der Waals surface area contributed by atoms with Crippen LogP contribution in [0, 0.1) is 13.8 Å². The Labute approximate surface area is 81.3 Å². The molecule has 1 rings (SSSR count). The third kappa shape index (κ3) is 1.81. The highest BCUT2D eigenvalue weighted by Gasteiger charge is 2.17. The maximum Gasteiger partial charge on any atom is 0.372 e. The Bertz CT molecular complexity index is 393. The largest absolute Gasteiger partial charge is 0.475 e. The Morgan fingerprint density at radius 1 is 1.43 bits per heavy atom. The maximum atomic E-state index is 11.0. The van der Waals surface area contributed by atoms with Gasteiger partial charge in [0.05, 0.1) is 5.69 Å². The van der Waals surface area contributed by atoms with Crippen LogP contribution in [-0.4, -0.2) is 26.6 Å². The molecule has 5 heteroatoms. The third-order valence-corrected chi connectivity index (χ3v) is 2.23. The van der Waals surface area contributed by atoms with Crippen molar-refractivity contribution in [3.63, 3.8) is 0 Å². The van der Waals surface area contributed by atoms with Crippen molar-refractivity contribution in [3.05, 3.63) is 17.0 Å². The van der Waals surface area contributed by atoms with E-state index >= 15 is 0 Å². The number of aryl methyl sites for hydroxylation is 2. The van der Waals surface area contributed by atoms with Gasteiger partial charge in [-0.1, -0.05) is 0 Å². The fraction of sp³-hybridized carbons (Fsp3) is 0.444. The SMILES string of the molecule is Cc1nn(C)c(C)c1CC(=O)C(=O)O. The summed E-state index contributed by atoms with van der Waals surface area (Å²) in [5.41, 5.74) is 2.25. The van der Waals surface area contributed by atoms with Gasteiger partial charge in [-0.25, -0.2) is 4.79 Å². The van der Waals surface area contributed by atoms with Crippen LogP contribution in [0.4, 0.5) is 0 Å². The first kappa shape index (κ1) is 10.4. The monoisotopic (exact) mass is 196 g/mol. The molecular weight excluding hydrogens is 184 g/mol. The minimum atomic E-state index is -1.40. The number of ketones is 1. The molecule has 0 aliphatic heterocycles. The van der Waals surface area contributed by atoms with Crippen LogP contribution in [0.25, 0.3) is 0 Å². The van der Waals surface area contributed by atoms with Gasteiger partial charge in [0.25, 0.3) is 0 Å². The van der Waals surface area contributed by atoms with Gasteiger partial charge in [0.1, 0.15) is 0 Å². The van der Waals surface area contributed by atoms with Crippen LogP contribution >= 0.6 is 0 Å². The van der Waals surface area contributed by atoms with Crippen molar-refractivity contribution in [1.29, 1.82) is 0 Å². The number of carboxylic acid groups (broad SMARTS) is 1. The highest BCUT2D eigenvalue weighted by Crippen LogP contribution is 2.12. The zero-order valence-electron chi connectivity index (χ0n) is 8.37. The van der Waals surface area contributed by atoms with Crippen LogP contribution < -0.4 is 0 Å². The van der Waals surface area contributed by atoms with Crippen LogP contribution in [-0.2, 0) is 23.1 Å². The number of Topliss-reactive ketones (excluding diaryl/α,β-unsaturated/α-hetero) is 1. The lowest BCUT2D eigenvalue weighted by Gasteiger charge is -1.97. The van der Waals surface area contributed by atoms with Crippen molar-refractivity contribution in [2.75, 3.05) is 0 Å².